The van der Waals surface area contributed by atoms with Crippen molar-refractivity contribution >= 4 is 22.7 Å². The maximum Gasteiger partial charge on any atom is 0.377 e. The SMILES string of the molecule is Cc1cccc2c(C(=O)C(=O)O)cn(C)c12. The molecule has 2 aromatic rings. The molecule has 0 bridgehead atoms. The number of aryl methyl sites for hydroxylation is 2. The van der Waals surface area contributed by atoms with Crippen molar-refractivity contribution in [3.63, 3.8) is 0 Å². The molecule has 0 fully saturated rings. The Morgan fingerprint density at radius 3 is 2.62 bits per heavy atom. The van der Waals surface area contributed by atoms with Gasteiger partial charge < -0.3 is 9.67 Å². The zero-order valence-corrected chi connectivity index (χ0v) is 9.02. The molecule has 0 amide bonds. The Labute approximate surface area is 92.1 Å². The fourth-order valence-electron chi connectivity index (χ4n) is 1.97. The monoisotopic (exact) mass is 217 g/mol. The van der Waals surface area contributed by atoms with E-state index in [1.54, 1.807) is 23.9 Å². The predicted octanol–water partition coefficient (Wildman–Crippen LogP) is 1.75. The minimum Gasteiger partial charge on any atom is -0.475 e. The molecule has 4 nitrogen and oxygen atoms in total. The number of hydrogen-bond acceptors (Lipinski definition) is 2. The van der Waals surface area contributed by atoms with Crippen LogP contribution in [0, 0.1) is 6.92 Å². The first-order valence-corrected chi connectivity index (χ1v) is 4.84. The highest BCUT2D eigenvalue weighted by Gasteiger charge is 2.20. The summed E-state index contributed by atoms with van der Waals surface area (Å²) in [5.41, 5.74) is 2.16. The van der Waals surface area contributed by atoms with Crippen LogP contribution in [0.2, 0.25) is 0 Å². The molecule has 1 N–H and O–H groups in total. The molecule has 0 aliphatic rings. The van der Waals surface area contributed by atoms with Crippen LogP contribution >= 0.6 is 0 Å². The van der Waals surface area contributed by atoms with Crippen molar-refractivity contribution in [1.29, 1.82) is 0 Å². The molecule has 16 heavy (non-hydrogen) atoms. The second-order valence-electron chi connectivity index (χ2n) is 3.76. The molecule has 0 aliphatic carbocycles. The minimum absolute atomic E-state index is 0.244. The normalized spacial score (nSPS) is 10.6. The number of aromatic nitrogens is 1. The largest absolute Gasteiger partial charge is 0.475 e. The van der Waals surface area contributed by atoms with Gasteiger partial charge in [-0.05, 0) is 12.5 Å². The summed E-state index contributed by atoms with van der Waals surface area (Å²) in [6.45, 7) is 1.93. The summed E-state index contributed by atoms with van der Waals surface area (Å²) in [7, 11) is 1.80. The molecule has 82 valence electrons. The number of ketones is 1. The van der Waals surface area contributed by atoms with Crippen LogP contribution in [0.3, 0.4) is 0 Å². The number of carbonyl (C=O) groups excluding carboxylic acids is 1. The van der Waals surface area contributed by atoms with E-state index in [2.05, 4.69) is 0 Å². The summed E-state index contributed by atoms with van der Waals surface area (Å²) < 4.78 is 1.78. The fraction of sp³-hybridized carbons (Fsp3) is 0.167. The highest BCUT2D eigenvalue weighted by Crippen LogP contribution is 2.23. The van der Waals surface area contributed by atoms with Crippen molar-refractivity contribution in [1.82, 2.24) is 4.57 Å². The summed E-state index contributed by atoms with van der Waals surface area (Å²) in [6, 6.07) is 5.51. The van der Waals surface area contributed by atoms with Crippen LogP contribution in [-0.2, 0) is 11.8 Å². The van der Waals surface area contributed by atoms with Gasteiger partial charge in [-0.2, -0.15) is 0 Å². The first-order chi connectivity index (χ1) is 7.52. The van der Waals surface area contributed by atoms with E-state index in [0.717, 1.165) is 11.1 Å². The number of carbonyl (C=O) groups is 2. The van der Waals surface area contributed by atoms with Gasteiger partial charge >= 0.3 is 5.97 Å². The van der Waals surface area contributed by atoms with Gasteiger partial charge in [0.15, 0.2) is 0 Å². The van der Waals surface area contributed by atoms with Gasteiger partial charge in [0.05, 0.1) is 11.1 Å². The molecule has 0 radical (unpaired) electrons. The lowest BCUT2D eigenvalue weighted by molar-refractivity contribution is -0.131. The van der Waals surface area contributed by atoms with Crippen molar-refractivity contribution in [2.75, 3.05) is 0 Å². The number of rotatable bonds is 2. The van der Waals surface area contributed by atoms with Crippen LogP contribution in [0.15, 0.2) is 24.4 Å². The maximum atomic E-state index is 11.5. The number of nitrogens with zero attached hydrogens (tertiary/aromatic N) is 1. The summed E-state index contributed by atoms with van der Waals surface area (Å²) in [4.78, 5) is 22.1. The van der Waals surface area contributed by atoms with Gasteiger partial charge in [-0.25, -0.2) is 4.79 Å². The number of Topliss-reactive ketones (excluding diaryl/α,β-unsaturated/α-hetero) is 1. The molecule has 1 aromatic carbocycles. The number of fused-ring (bicyclic) bond motifs is 1. The molecule has 0 saturated heterocycles. The number of hydrogen-bond donors (Lipinski definition) is 1. The Kier molecular flexibility index (Phi) is 2.27. The lowest BCUT2D eigenvalue weighted by atomic mass is 10.1. The number of aliphatic carboxylic acids is 1. The van der Waals surface area contributed by atoms with E-state index in [-0.39, 0.29) is 5.56 Å². The molecule has 0 saturated carbocycles. The Morgan fingerprint density at radius 1 is 1.31 bits per heavy atom. The van der Waals surface area contributed by atoms with E-state index in [4.69, 9.17) is 5.11 Å². The number of carboxylic acids is 1. The summed E-state index contributed by atoms with van der Waals surface area (Å²) in [6.07, 6.45) is 1.56. The van der Waals surface area contributed by atoms with E-state index < -0.39 is 11.8 Å². The van der Waals surface area contributed by atoms with Crippen molar-refractivity contribution in [3.05, 3.63) is 35.5 Å². The van der Waals surface area contributed by atoms with Gasteiger partial charge in [0.1, 0.15) is 0 Å². The highest BCUT2D eigenvalue weighted by molar-refractivity contribution is 6.42. The first kappa shape index (κ1) is 10.4. The molecule has 1 aromatic heterocycles. The Bertz CT molecular complexity index is 596. The topological polar surface area (TPSA) is 59.3 Å². The van der Waals surface area contributed by atoms with Crippen molar-refractivity contribution in [2.45, 2.75) is 6.92 Å². The molecule has 0 unspecified atom stereocenters. The third-order valence-corrected chi connectivity index (χ3v) is 2.64. The lowest BCUT2D eigenvalue weighted by Gasteiger charge is -1.99. The quantitative estimate of drug-likeness (QED) is 0.615. The van der Waals surface area contributed by atoms with Crippen molar-refractivity contribution < 1.29 is 14.7 Å². The Morgan fingerprint density at radius 2 is 2.00 bits per heavy atom. The smallest absolute Gasteiger partial charge is 0.377 e. The molecule has 2 rings (SSSR count). The summed E-state index contributed by atoms with van der Waals surface area (Å²) >= 11 is 0. The van der Waals surface area contributed by atoms with E-state index >= 15 is 0 Å². The molecule has 4 heteroatoms. The number of carboxylic acid groups (broad SMARTS) is 1. The van der Waals surface area contributed by atoms with E-state index in [0.29, 0.717) is 5.39 Å². The molecule has 0 atom stereocenters. The molecular weight excluding hydrogens is 206 g/mol. The van der Waals surface area contributed by atoms with Gasteiger partial charge in [-0.3, -0.25) is 4.79 Å². The molecule has 0 spiro atoms. The van der Waals surface area contributed by atoms with Gasteiger partial charge in [-0.15, -0.1) is 0 Å². The van der Waals surface area contributed by atoms with Gasteiger partial charge in [0.2, 0.25) is 0 Å². The van der Waals surface area contributed by atoms with Gasteiger partial charge in [0.25, 0.3) is 5.78 Å². The lowest BCUT2D eigenvalue weighted by Crippen LogP contribution is -2.12. The average molecular weight is 217 g/mol. The first-order valence-electron chi connectivity index (χ1n) is 4.84. The standard InChI is InChI=1S/C12H11NO3/c1-7-4-3-5-8-9(11(14)12(15)16)6-13(2)10(7)8/h3-6H,1-2H3,(H,15,16). The van der Waals surface area contributed by atoms with E-state index in [9.17, 15) is 9.59 Å². The van der Waals surface area contributed by atoms with Gasteiger partial charge in [-0.1, -0.05) is 18.2 Å². The second-order valence-corrected chi connectivity index (χ2v) is 3.76. The Hall–Kier alpha value is -2.10. The predicted molar refractivity (Wildman–Crippen MR) is 59.6 cm³/mol. The summed E-state index contributed by atoms with van der Waals surface area (Å²) in [5.74, 6) is -2.29. The third-order valence-electron chi connectivity index (χ3n) is 2.64. The van der Waals surface area contributed by atoms with Crippen LogP contribution in [0.25, 0.3) is 10.9 Å². The zero-order chi connectivity index (χ0) is 11.9. The van der Waals surface area contributed by atoms with Gasteiger partial charge in [0, 0.05) is 18.6 Å². The van der Waals surface area contributed by atoms with Crippen LogP contribution in [0.5, 0.6) is 0 Å². The van der Waals surface area contributed by atoms with Crippen LogP contribution in [0.1, 0.15) is 15.9 Å². The van der Waals surface area contributed by atoms with Crippen molar-refractivity contribution in [2.24, 2.45) is 7.05 Å². The third kappa shape index (κ3) is 1.39. The summed E-state index contributed by atoms with van der Waals surface area (Å²) in [5, 5.41) is 9.40. The van der Waals surface area contributed by atoms with Crippen molar-refractivity contribution in [3.8, 4) is 0 Å². The Balaban J connectivity index is 2.79. The second kappa shape index (κ2) is 3.48. The van der Waals surface area contributed by atoms with Crippen LogP contribution in [0.4, 0.5) is 0 Å². The zero-order valence-electron chi connectivity index (χ0n) is 9.02. The van der Waals surface area contributed by atoms with E-state index in [1.165, 1.54) is 0 Å². The molecule has 1 heterocycles. The van der Waals surface area contributed by atoms with E-state index in [1.807, 2.05) is 19.1 Å². The molecular formula is C12H11NO3. The number of para-hydroxylation sites is 1. The van der Waals surface area contributed by atoms with Crippen LogP contribution < -0.4 is 0 Å². The van der Waals surface area contributed by atoms with Crippen LogP contribution in [-0.4, -0.2) is 21.4 Å². The fourth-order valence-corrected chi connectivity index (χ4v) is 1.97. The molecule has 0 aliphatic heterocycles. The maximum absolute atomic E-state index is 11.5. The average Bonchev–Trinajstić information content (AvgIpc) is 2.56. The minimum atomic E-state index is -1.42. The number of benzene rings is 1. The highest BCUT2D eigenvalue weighted by atomic mass is 16.4.